The number of ether oxygens (including phenoxy) is 1. The molecule has 0 amide bonds. The van der Waals surface area contributed by atoms with Crippen LogP contribution in [-0.4, -0.2) is 51.8 Å². The highest BCUT2D eigenvalue weighted by Crippen LogP contribution is 2.21. The van der Waals surface area contributed by atoms with E-state index in [2.05, 4.69) is 26.7 Å². The average Bonchev–Trinajstić information content (AvgIpc) is 2.81. The molecule has 164 valence electrons. The normalized spacial score (nSPS) is 15.6. The Labute approximate surface area is 194 Å². The van der Waals surface area contributed by atoms with Crippen LogP contribution in [0.5, 0.6) is 5.75 Å². The van der Waals surface area contributed by atoms with Crippen LogP contribution < -0.4 is 4.74 Å². The quantitative estimate of drug-likeness (QED) is 0.586. The van der Waals surface area contributed by atoms with Gasteiger partial charge in [-0.3, -0.25) is 9.88 Å². The molecular weight excluding hydrogens is 422 g/mol. The van der Waals surface area contributed by atoms with Gasteiger partial charge < -0.3 is 9.84 Å². The van der Waals surface area contributed by atoms with Crippen LogP contribution in [0.15, 0.2) is 60.9 Å². The summed E-state index contributed by atoms with van der Waals surface area (Å²) in [5, 5.41) is 10.7. The van der Waals surface area contributed by atoms with Crippen LogP contribution in [0.2, 0.25) is 5.02 Å². The van der Waals surface area contributed by atoms with Crippen LogP contribution in [0.3, 0.4) is 0 Å². The van der Waals surface area contributed by atoms with Crippen molar-refractivity contribution in [2.45, 2.75) is 25.4 Å². The minimum Gasteiger partial charge on any atom is -0.492 e. The first-order valence-corrected chi connectivity index (χ1v) is 11.1. The summed E-state index contributed by atoms with van der Waals surface area (Å²) in [6, 6.07) is 15.2. The van der Waals surface area contributed by atoms with Crippen molar-refractivity contribution in [3.05, 3.63) is 77.2 Å². The molecule has 0 bridgehead atoms. The van der Waals surface area contributed by atoms with Gasteiger partial charge in [-0.1, -0.05) is 29.7 Å². The second-order valence-electron chi connectivity index (χ2n) is 8.26. The summed E-state index contributed by atoms with van der Waals surface area (Å²) in [5.74, 6) is 6.99. The van der Waals surface area contributed by atoms with Gasteiger partial charge in [0.05, 0.1) is 23.7 Å². The molecule has 1 aromatic heterocycles. The van der Waals surface area contributed by atoms with E-state index in [1.165, 1.54) is 0 Å². The molecule has 2 aromatic carbocycles. The zero-order chi connectivity index (χ0) is 22.4. The van der Waals surface area contributed by atoms with Crippen molar-refractivity contribution < 1.29 is 9.84 Å². The number of rotatable bonds is 5. The number of piperidine rings is 1. The Morgan fingerprint density at radius 1 is 1.00 bits per heavy atom. The van der Waals surface area contributed by atoms with Crippen LogP contribution in [0.25, 0.3) is 11.3 Å². The summed E-state index contributed by atoms with van der Waals surface area (Å²) in [6.07, 6.45) is 5.02. The average molecular weight is 448 g/mol. The summed E-state index contributed by atoms with van der Waals surface area (Å²) >= 11 is 5.93. The van der Waals surface area contributed by atoms with Crippen LogP contribution in [0.1, 0.15) is 31.0 Å². The molecule has 0 radical (unpaired) electrons. The van der Waals surface area contributed by atoms with Crippen molar-refractivity contribution >= 4 is 11.6 Å². The lowest BCUT2D eigenvalue weighted by molar-refractivity contribution is -0.00768. The molecule has 1 saturated heterocycles. The van der Waals surface area contributed by atoms with E-state index >= 15 is 0 Å². The summed E-state index contributed by atoms with van der Waals surface area (Å²) < 4.78 is 5.86. The fourth-order valence-corrected chi connectivity index (χ4v) is 3.61. The molecule has 0 spiro atoms. The first-order valence-electron chi connectivity index (χ1n) is 10.7. The summed E-state index contributed by atoms with van der Waals surface area (Å²) in [6.45, 7) is 5.22. The molecule has 1 fully saturated rings. The number of halogens is 1. The summed E-state index contributed by atoms with van der Waals surface area (Å²) in [4.78, 5) is 11.2. The van der Waals surface area contributed by atoms with Gasteiger partial charge in [0.25, 0.3) is 0 Å². The number of nitrogens with zero attached hydrogens (tertiary/aromatic N) is 3. The van der Waals surface area contributed by atoms with Crippen molar-refractivity contribution in [2.75, 3.05) is 26.2 Å². The molecule has 0 aliphatic carbocycles. The van der Waals surface area contributed by atoms with Crippen molar-refractivity contribution in [3.63, 3.8) is 0 Å². The minimum absolute atomic E-state index is 0.515. The number of aromatic nitrogens is 2. The van der Waals surface area contributed by atoms with Crippen molar-refractivity contribution in [1.82, 2.24) is 14.9 Å². The molecule has 6 heteroatoms. The van der Waals surface area contributed by atoms with E-state index in [0.29, 0.717) is 17.3 Å². The topological polar surface area (TPSA) is 58.5 Å². The molecule has 5 nitrogen and oxygen atoms in total. The Morgan fingerprint density at radius 3 is 2.38 bits per heavy atom. The van der Waals surface area contributed by atoms with Crippen molar-refractivity contribution in [3.8, 4) is 28.8 Å². The predicted octanol–water partition coefficient (Wildman–Crippen LogP) is 4.42. The Morgan fingerprint density at radius 2 is 1.72 bits per heavy atom. The number of hydrogen-bond donors (Lipinski definition) is 1. The Hall–Kier alpha value is -2.91. The molecule has 1 aliphatic heterocycles. The Balaban J connectivity index is 1.27. The van der Waals surface area contributed by atoms with Gasteiger partial charge >= 0.3 is 0 Å². The molecule has 1 aliphatic rings. The second kappa shape index (κ2) is 10.1. The van der Waals surface area contributed by atoms with E-state index < -0.39 is 5.60 Å². The molecular formula is C26H26ClN3O2. The van der Waals surface area contributed by atoms with E-state index in [-0.39, 0.29) is 0 Å². The van der Waals surface area contributed by atoms with Gasteiger partial charge in [0.15, 0.2) is 0 Å². The SMILES string of the molecule is CC1(O)CCN(CCOc2ccc(C#Cc3cnc(-c4ccc(Cl)cc4)cn3)cc2)CC1. The van der Waals surface area contributed by atoms with Crippen molar-refractivity contribution in [2.24, 2.45) is 0 Å². The first kappa shape index (κ1) is 22.3. The largest absolute Gasteiger partial charge is 0.492 e. The maximum absolute atomic E-state index is 10.0. The van der Waals surface area contributed by atoms with Crippen LogP contribution >= 0.6 is 11.6 Å². The summed E-state index contributed by atoms with van der Waals surface area (Å²) in [5.41, 5.74) is 2.73. The third kappa shape index (κ3) is 6.30. The lowest BCUT2D eigenvalue weighted by Gasteiger charge is -2.35. The molecule has 0 saturated carbocycles. The number of hydrogen-bond acceptors (Lipinski definition) is 5. The second-order valence-corrected chi connectivity index (χ2v) is 8.69. The minimum atomic E-state index is -0.515. The van der Waals surface area contributed by atoms with Gasteiger partial charge in [-0.2, -0.15) is 0 Å². The predicted molar refractivity (Wildman–Crippen MR) is 127 cm³/mol. The Bertz CT molecular complexity index is 1080. The van der Waals surface area contributed by atoms with E-state index in [0.717, 1.165) is 55.0 Å². The van der Waals surface area contributed by atoms with E-state index in [1.54, 1.807) is 12.4 Å². The van der Waals surface area contributed by atoms with Gasteiger partial charge in [-0.25, -0.2) is 4.98 Å². The summed E-state index contributed by atoms with van der Waals surface area (Å²) in [7, 11) is 0. The number of benzene rings is 2. The van der Waals surface area contributed by atoms with Gasteiger partial charge in [-0.15, -0.1) is 0 Å². The molecule has 1 N–H and O–H groups in total. The zero-order valence-electron chi connectivity index (χ0n) is 18.1. The third-order valence-corrected chi connectivity index (χ3v) is 5.84. The molecule has 3 aromatic rings. The molecule has 2 heterocycles. The molecule has 32 heavy (non-hydrogen) atoms. The first-order chi connectivity index (χ1) is 15.5. The fourth-order valence-electron chi connectivity index (χ4n) is 3.48. The number of likely N-dealkylation sites (tertiary alicyclic amines) is 1. The van der Waals surface area contributed by atoms with E-state index in [1.807, 2.05) is 55.5 Å². The van der Waals surface area contributed by atoms with Gasteiger partial charge in [0.1, 0.15) is 18.1 Å². The fraction of sp³-hybridized carbons (Fsp3) is 0.308. The maximum atomic E-state index is 10.0. The van der Waals surface area contributed by atoms with Gasteiger partial charge in [0, 0.05) is 35.8 Å². The molecule has 4 rings (SSSR count). The van der Waals surface area contributed by atoms with Gasteiger partial charge in [0.2, 0.25) is 0 Å². The van der Waals surface area contributed by atoms with E-state index in [9.17, 15) is 5.11 Å². The van der Waals surface area contributed by atoms with Gasteiger partial charge in [-0.05, 0) is 62.1 Å². The highest BCUT2D eigenvalue weighted by molar-refractivity contribution is 6.30. The zero-order valence-corrected chi connectivity index (χ0v) is 18.8. The smallest absolute Gasteiger partial charge is 0.131 e. The van der Waals surface area contributed by atoms with Crippen molar-refractivity contribution in [1.29, 1.82) is 0 Å². The van der Waals surface area contributed by atoms with Crippen LogP contribution in [0, 0.1) is 11.8 Å². The lowest BCUT2D eigenvalue weighted by Crippen LogP contribution is -2.43. The number of aliphatic hydroxyl groups is 1. The van der Waals surface area contributed by atoms with Crippen LogP contribution in [0.4, 0.5) is 0 Å². The maximum Gasteiger partial charge on any atom is 0.131 e. The standard InChI is InChI=1S/C26H26ClN3O2/c1-26(31)12-14-30(15-13-26)16-17-32-24-10-3-20(4-11-24)2-9-23-18-29-25(19-28-23)21-5-7-22(27)8-6-21/h3-8,10-11,18-19,31H,12-17H2,1H3. The Kier molecular flexibility index (Phi) is 7.06. The molecule has 0 unspecified atom stereocenters. The monoisotopic (exact) mass is 447 g/mol. The molecule has 0 atom stereocenters. The van der Waals surface area contributed by atoms with Crippen LogP contribution in [-0.2, 0) is 0 Å². The third-order valence-electron chi connectivity index (χ3n) is 5.59. The highest BCUT2D eigenvalue weighted by Gasteiger charge is 2.26. The lowest BCUT2D eigenvalue weighted by atomic mass is 9.94. The highest BCUT2D eigenvalue weighted by atomic mass is 35.5. The van der Waals surface area contributed by atoms with E-state index in [4.69, 9.17) is 16.3 Å².